The molecule has 1 aliphatic heterocycles. The first-order valence-electron chi connectivity index (χ1n) is 8.78. The second-order valence-electron chi connectivity index (χ2n) is 6.70. The van der Waals surface area contributed by atoms with E-state index in [4.69, 9.17) is 0 Å². The SMILES string of the molecule is CC(=O)N[C@@H](Cc1c[nH]c2ccccc12)C(=O)N1CCc2sccc2C1. The van der Waals surface area contributed by atoms with Gasteiger partial charge in [0.1, 0.15) is 6.04 Å². The summed E-state index contributed by atoms with van der Waals surface area (Å²) in [6, 6.07) is 9.55. The van der Waals surface area contributed by atoms with E-state index in [1.165, 1.54) is 17.4 Å². The zero-order valence-electron chi connectivity index (χ0n) is 14.6. The van der Waals surface area contributed by atoms with Crippen molar-refractivity contribution in [3.8, 4) is 0 Å². The molecule has 134 valence electrons. The molecular weight excluding hydrogens is 346 g/mol. The Kier molecular flexibility index (Phi) is 4.51. The van der Waals surface area contributed by atoms with Crippen molar-refractivity contribution in [1.82, 2.24) is 15.2 Å². The molecule has 0 saturated heterocycles. The number of fused-ring (bicyclic) bond motifs is 2. The van der Waals surface area contributed by atoms with Gasteiger partial charge in [-0.3, -0.25) is 9.59 Å². The number of thiophene rings is 1. The van der Waals surface area contributed by atoms with Crippen molar-refractivity contribution in [2.75, 3.05) is 6.54 Å². The van der Waals surface area contributed by atoms with Gasteiger partial charge in [-0.15, -0.1) is 11.3 Å². The molecule has 1 atom stereocenters. The molecule has 2 aromatic heterocycles. The molecular formula is C20H21N3O2S. The normalized spacial score (nSPS) is 14.9. The van der Waals surface area contributed by atoms with Crippen LogP contribution in [0.5, 0.6) is 0 Å². The second kappa shape index (κ2) is 6.96. The van der Waals surface area contributed by atoms with Crippen LogP contribution in [0.1, 0.15) is 22.9 Å². The van der Waals surface area contributed by atoms with Crippen LogP contribution >= 0.6 is 11.3 Å². The minimum atomic E-state index is -0.549. The standard InChI is InChI=1S/C20H21N3O2S/c1-13(24)22-18(10-15-11-21-17-5-3-2-4-16(15)17)20(25)23-8-6-19-14(12-23)7-9-26-19/h2-5,7,9,11,18,21H,6,8,10,12H2,1H3,(H,22,24)/t18-/m0/s1. The summed E-state index contributed by atoms with van der Waals surface area (Å²) in [7, 11) is 0. The number of benzene rings is 1. The van der Waals surface area contributed by atoms with Crippen molar-refractivity contribution in [1.29, 1.82) is 0 Å². The fourth-order valence-electron chi connectivity index (χ4n) is 3.62. The van der Waals surface area contributed by atoms with E-state index in [0.29, 0.717) is 19.5 Å². The molecule has 6 heteroatoms. The van der Waals surface area contributed by atoms with Gasteiger partial charge >= 0.3 is 0 Å². The third-order valence-corrected chi connectivity index (χ3v) is 5.92. The van der Waals surface area contributed by atoms with Gasteiger partial charge in [-0.25, -0.2) is 0 Å². The van der Waals surface area contributed by atoms with Crippen LogP contribution in [0.2, 0.25) is 0 Å². The Morgan fingerprint density at radius 3 is 3.00 bits per heavy atom. The first-order chi connectivity index (χ1) is 12.6. The van der Waals surface area contributed by atoms with Crippen molar-refractivity contribution in [3.05, 3.63) is 57.9 Å². The van der Waals surface area contributed by atoms with Gasteiger partial charge in [0.15, 0.2) is 0 Å². The molecule has 0 bridgehead atoms. The van der Waals surface area contributed by atoms with E-state index in [1.54, 1.807) is 11.3 Å². The highest BCUT2D eigenvalue weighted by Crippen LogP contribution is 2.25. The number of nitrogens with zero attached hydrogens (tertiary/aromatic N) is 1. The highest BCUT2D eigenvalue weighted by molar-refractivity contribution is 7.10. The average Bonchev–Trinajstić information content (AvgIpc) is 3.26. The first kappa shape index (κ1) is 16.8. The van der Waals surface area contributed by atoms with Crippen LogP contribution in [0.25, 0.3) is 10.9 Å². The van der Waals surface area contributed by atoms with E-state index in [2.05, 4.69) is 21.7 Å². The second-order valence-corrected chi connectivity index (χ2v) is 7.70. The van der Waals surface area contributed by atoms with Crippen LogP contribution in [-0.2, 0) is 29.0 Å². The van der Waals surface area contributed by atoms with Gasteiger partial charge in [0, 0.05) is 48.4 Å². The fraction of sp³-hybridized carbons (Fsp3) is 0.300. The van der Waals surface area contributed by atoms with Gasteiger partial charge in [-0.1, -0.05) is 18.2 Å². The summed E-state index contributed by atoms with van der Waals surface area (Å²) in [4.78, 5) is 31.3. The molecule has 0 saturated carbocycles. The third-order valence-electron chi connectivity index (χ3n) is 4.89. The molecule has 2 N–H and O–H groups in total. The van der Waals surface area contributed by atoms with Crippen LogP contribution in [0.3, 0.4) is 0 Å². The molecule has 0 radical (unpaired) electrons. The van der Waals surface area contributed by atoms with Gasteiger partial charge in [0.2, 0.25) is 11.8 Å². The third kappa shape index (κ3) is 3.24. The zero-order chi connectivity index (χ0) is 18.1. The number of carbonyl (C=O) groups excluding carboxylic acids is 2. The van der Waals surface area contributed by atoms with E-state index in [1.807, 2.05) is 35.4 Å². The van der Waals surface area contributed by atoms with E-state index in [9.17, 15) is 9.59 Å². The number of aromatic amines is 1. The number of carbonyl (C=O) groups is 2. The minimum absolute atomic E-state index is 0.0117. The Balaban J connectivity index is 1.56. The molecule has 0 aliphatic carbocycles. The molecule has 3 aromatic rings. The van der Waals surface area contributed by atoms with Crippen molar-refractivity contribution < 1.29 is 9.59 Å². The van der Waals surface area contributed by atoms with Gasteiger partial charge in [0.05, 0.1) is 0 Å². The monoisotopic (exact) mass is 367 g/mol. The molecule has 4 rings (SSSR count). The summed E-state index contributed by atoms with van der Waals surface area (Å²) >= 11 is 1.75. The molecule has 2 amide bonds. The Bertz CT molecular complexity index is 959. The molecule has 5 nitrogen and oxygen atoms in total. The van der Waals surface area contributed by atoms with E-state index < -0.39 is 6.04 Å². The summed E-state index contributed by atoms with van der Waals surface area (Å²) < 4.78 is 0. The Morgan fingerprint density at radius 2 is 2.15 bits per heavy atom. The average molecular weight is 367 g/mol. The van der Waals surface area contributed by atoms with Crippen LogP contribution in [0.4, 0.5) is 0 Å². The Labute approximate surface area is 156 Å². The molecule has 0 unspecified atom stereocenters. The van der Waals surface area contributed by atoms with E-state index in [-0.39, 0.29) is 11.8 Å². The predicted molar refractivity (Wildman–Crippen MR) is 103 cm³/mol. The number of hydrogen-bond donors (Lipinski definition) is 2. The lowest BCUT2D eigenvalue weighted by Gasteiger charge is -2.30. The number of rotatable bonds is 4. The summed E-state index contributed by atoms with van der Waals surface area (Å²) in [6.07, 6.45) is 3.30. The number of hydrogen-bond acceptors (Lipinski definition) is 3. The van der Waals surface area contributed by atoms with E-state index >= 15 is 0 Å². The smallest absolute Gasteiger partial charge is 0.245 e. The zero-order valence-corrected chi connectivity index (χ0v) is 15.4. The van der Waals surface area contributed by atoms with Gasteiger partial charge in [-0.05, 0) is 35.1 Å². The Hall–Kier alpha value is -2.60. The van der Waals surface area contributed by atoms with Crippen LogP contribution in [0.15, 0.2) is 41.9 Å². The maximum Gasteiger partial charge on any atom is 0.245 e. The number of aromatic nitrogens is 1. The maximum absolute atomic E-state index is 13.1. The summed E-state index contributed by atoms with van der Waals surface area (Å²) in [5.74, 6) is -0.196. The number of nitrogens with one attached hydrogen (secondary N) is 2. The molecule has 0 spiro atoms. The molecule has 3 heterocycles. The predicted octanol–water partition coefficient (Wildman–Crippen LogP) is 2.86. The first-order valence-corrected chi connectivity index (χ1v) is 9.66. The maximum atomic E-state index is 13.1. The summed E-state index contributed by atoms with van der Waals surface area (Å²) in [5.41, 5.74) is 3.31. The van der Waals surface area contributed by atoms with Crippen molar-refractivity contribution >= 4 is 34.1 Å². The van der Waals surface area contributed by atoms with Crippen LogP contribution in [0, 0.1) is 0 Å². The van der Waals surface area contributed by atoms with Gasteiger partial charge in [-0.2, -0.15) is 0 Å². The lowest BCUT2D eigenvalue weighted by molar-refractivity contribution is -0.136. The lowest BCUT2D eigenvalue weighted by Crippen LogP contribution is -2.50. The van der Waals surface area contributed by atoms with Crippen LogP contribution in [-0.4, -0.2) is 34.3 Å². The van der Waals surface area contributed by atoms with E-state index in [0.717, 1.165) is 22.9 Å². The molecule has 0 fully saturated rings. The van der Waals surface area contributed by atoms with Gasteiger partial charge < -0.3 is 15.2 Å². The lowest BCUT2D eigenvalue weighted by atomic mass is 10.0. The highest BCUT2D eigenvalue weighted by Gasteiger charge is 2.29. The fourth-order valence-corrected chi connectivity index (χ4v) is 4.51. The van der Waals surface area contributed by atoms with Crippen molar-refractivity contribution in [2.45, 2.75) is 32.4 Å². The number of H-pyrrole nitrogens is 1. The number of para-hydroxylation sites is 1. The largest absolute Gasteiger partial charge is 0.361 e. The topological polar surface area (TPSA) is 65.2 Å². The molecule has 26 heavy (non-hydrogen) atoms. The Morgan fingerprint density at radius 1 is 1.31 bits per heavy atom. The molecule has 1 aromatic carbocycles. The summed E-state index contributed by atoms with van der Waals surface area (Å²) in [6.45, 7) is 2.79. The van der Waals surface area contributed by atoms with Gasteiger partial charge in [0.25, 0.3) is 0 Å². The van der Waals surface area contributed by atoms with Crippen molar-refractivity contribution in [2.24, 2.45) is 0 Å². The molecule has 1 aliphatic rings. The van der Waals surface area contributed by atoms with Crippen LogP contribution < -0.4 is 5.32 Å². The summed E-state index contributed by atoms with van der Waals surface area (Å²) in [5, 5.41) is 6.03. The minimum Gasteiger partial charge on any atom is -0.361 e. The van der Waals surface area contributed by atoms with Crippen molar-refractivity contribution in [3.63, 3.8) is 0 Å². The quantitative estimate of drug-likeness (QED) is 0.745. The highest BCUT2D eigenvalue weighted by atomic mass is 32.1. The number of amides is 2.